The zero-order chi connectivity index (χ0) is 45.3. The standard InChI is InChI=1S/2C25H27ClFN3O2/c2*1-15(24(31)7-5-20-13-19-14-28-9-8-23(19)30-20)29-25(32)18-4-2-16(11-18)10-17-3-6-22(27)21(26)12-17/h2*3,6,8-9,12-16,18,30H,2,4-5,7,10-11H2,1H3,(H,29,32)/t2*15-,16-,18+/m00/s1. The van der Waals surface area contributed by atoms with Crippen molar-refractivity contribution < 1.29 is 28.0 Å². The number of hydrogen-bond acceptors (Lipinski definition) is 6. The number of benzene rings is 2. The first-order chi connectivity index (χ1) is 30.8. The van der Waals surface area contributed by atoms with Crippen LogP contribution in [0.1, 0.15) is 87.7 Å². The first-order valence-electron chi connectivity index (χ1n) is 22.1. The topological polar surface area (TPSA) is 150 Å². The highest BCUT2D eigenvalue weighted by atomic mass is 35.5. The molecule has 0 aliphatic heterocycles. The zero-order valence-corrected chi connectivity index (χ0v) is 37.6. The third-order valence-corrected chi connectivity index (χ3v) is 13.3. The van der Waals surface area contributed by atoms with Gasteiger partial charge in [0.15, 0.2) is 11.6 Å². The van der Waals surface area contributed by atoms with Crippen molar-refractivity contribution in [2.75, 3.05) is 0 Å². The van der Waals surface area contributed by atoms with Crippen LogP contribution in [0.5, 0.6) is 0 Å². The lowest BCUT2D eigenvalue weighted by Crippen LogP contribution is -2.41. The van der Waals surface area contributed by atoms with E-state index < -0.39 is 23.7 Å². The number of carbonyl (C=O) groups excluding carboxylic acids is 4. The second kappa shape index (κ2) is 21.5. The van der Waals surface area contributed by atoms with Crippen LogP contribution in [0.25, 0.3) is 21.8 Å². The van der Waals surface area contributed by atoms with E-state index in [2.05, 4.69) is 30.6 Å². The van der Waals surface area contributed by atoms with Gasteiger partial charge in [-0.2, -0.15) is 0 Å². The quantitative estimate of drug-likeness (QED) is 0.0760. The molecule has 0 spiro atoms. The highest BCUT2D eigenvalue weighted by Crippen LogP contribution is 2.35. The second-order valence-corrected chi connectivity index (χ2v) is 18.4. The highest BCUT2D eigenvalue weighted by Gasteiger charge is 2.33. The number of halogens is 4. The number of fused-ring (bicyclic) bond motifs is 2. The summed E-state index contributed by atoms with van der Waals surface area (Å²) < 4.78 is 26.7. The maximum absolute atomic E-state index is 13.4. The fourth-order valence-electron chi connectivity index (χ4n) is 9.10. The molecule has 0 radical (unpaired) electrons. The van der Waals surface area contributed by atoms with E-state index in [-0.39, 0.29) is 45.3 Å². The maximum Gasteiger partial charge on any atom is 0.223 e. The first kappa shape index (κ1) is 46.5. The summed E-state index contributed by atoms with van der Waals surface area (Å²) in [6.07, 6.45) is 15.5. The van der Waals surface area contributed by atoms with Crippen LogP contribution in [0.4, 0.5) is 8.78 Å². The smallest absolute Gasteiger partial charge is 0.223 e. The van der Waals surface area contributed by atoms with Crippen molar-refractivity contribution in [2.24, 2.45) is 23.7 Å². The van der Waals surface area contributed by atoms with Gasteiger partial charge in [-0.1, -0.05) is 35.3 Å². The molecule has 4 N–H and O–H groups in total. The van der Waals surface area contributed by atoms with Gasteiger partial charge in [0.25, 0.3) is 0 Å². The monoisotopic (exact) mass is 910 g/mol. The van der Waals surface area contributed by atoms with E-state index in [1.807, 2.05) is 24.3 Å². The number of nitrogens with one attached hydrogen (secondary N) is 4. The minimum Gasteiger partial charge on any atom is -0.358 e. The van der Waals surface area contributed by atoms with Crippen LogP contribution in [0, 0.1) is 35.3 Å². The first-order valence-corrected chi connectivity index (χ1v) is 22.9. The van der Waals surface area contributed by atoms with Crippen LogP contribution in [0.3, 0.4) is 0 Å². The maximum atomic E-state index is 13.4. The number of Topliss-reactive ketones (excluding diaryl/α,β-unsaturated/α-hetero) is 2. The number of aromatic nitrogens is 4. The van der Waals surface area contributed by atoms with Gasteiger partial charge < -0.3 is 20.6 Å². The summed E-state index contributed by atoms with van der Waals surface area (Å²) >= 11 is 11.7. The zero-order valence-electron chi connectivity index (χ0n) is 36.1. The lowest BCUT2D eigenvalue weighted by molar-refractivity contribution is -0.129. The van der Waals surface area contributed by atoms with Gasteiger partial charge in [0.1, 0.15) is 11.6 Å². The van der Waals surface area contributed by atoms with Gasteiger partial charge in [0.2, 0.25) is 11.8 Å². The molecule has 8 rings (SSSR count). The molecule has 6 atom stereocenters. The number of aromatic amines is 2. The molecule has 2 amide bonds. The van der Waals surface area contributed by atoms with Gasteiger partial charge in [-0.25, -0.2) is 8.78 Å². The van der Waals surface area contributed by atoms with Gasteiger partial charge in [-0.15, -0.1) is 0 Å². The Balaban J connectivity index is 0.000000191. The summed E-state index contributed by atoms with van der Waals surface area (Å²) in [5, 5.41) is 8.12. The molecule has 0 saturated heterocycles. The number of H-pyrrole nitrogens is 2. The Morgan fingerprint density at radius 3 is 1.45 bits per heavy atom. The van der Waals surface area contributed by atoms with Crippen molar-refractivity contribution in [2.45, 2.75) is 103 Å². The van der Waals surface area contributed by atoms with Crippen LogP contribution in [-0.4, -0.2) is 55.4 Å². The lowest BCUT2D eigenvalue weighted by atomic mass is 9.96. The van der Waals surface area contributed by atoms with E-state index in [1.165, 1.54) is 12.1 Å². The van der Waals surface area contributed by atoms with Gasteiger partial charge in [-0.05, 0) is 150 Å². The van der Waals surface area contributed by atoms with E-state index in [0.717, 1.165) is 95.7 Å². The molecule has 0 bridgehead atoms. The van der Waals surface area contributed by atoms with Crippen molar-refractivity contribution in [3.63, 3.8) is 0 Å². The molecule has 64 heavy (non-hydrogen) atoms. The predicted octanol–water partition coefficient (Wildman–Crippen LogP) is 10.0. The fourth-order valence-corrected chi connectivity index (χ4v) is 9.51. The molecule has 0 unspecified atom stereocenters. The normalized spacial score (nSPS) is 19.2. The molecule has 2 aliphatic carbocycles. The number of carbonyl (C=O) groups is 4. The van der Waals surface area contributed by atoms with Crippen molar-refractivity contribution in [3.8, 4) is 0 Å². The number of rotatable bonds is 16. The second-order valence-electron chi connectivity index (χ2n) is 17.6. The molecule has 4 aromatic heterocycles. The number of aryl methyl sites for hydroxylation is 2. The Hall–Kier alpha value is -5.46. The van der Waals surface area contributed by atoms with E-state index >= 15 is 0 Å². The van der Waals surface area contributed by atoms with Crippen LogP contribution in [0.2, 0.25) is 10.0 Å². The summed E-state index contributed by atoms with van der Waals surface area (Å²) in [6.45, 7) is 3.50. The van der Waals surface area contributed by atoms with Crippen LogP contribution in [0.15, 0.2) is 85.5 Å². The summed E-state index contributed by atoms with van der Waals surface area (Å²) in [5.74, 6) is -0.372. The van der Waals surface area contributed by atoms with E-state index in [0.29, 0.717) is 37.5 Å². The van der Waals surface area contributed by atoms with Crippen molar-refractivity contribution in [1.29, 1.82) is 0 Å². The SMILES string of the molecule is C[C@H](NC(=O)[C@@H]1CC[C@@H](Cc2ccc(F)c(Cl)c2)C1)C(=O)CCc1cc2cnccc2[nH]1.C[C@H](NC(=O)[C@@H]1CC[C@@H](Cc2ccc(F)c(Cl)c2)C1)C(=O)CCc1cc2cnccc2[nH]1. The molecule has 2 aliphatic rings. The predicted molar refractivity (Wildman–Crippen MR) is 246 cm³/mol. The minimum absolute atomic E-state index is 0.0191. The number of pyridine rings is 2. The molecule has 336 valence electrons. The molecule has 10 nitrogen and oxygen atoms in total. The Labute approximate surface area is 381 Å². The van der Waals surface area contributed by atoms with Crippen molar-refractivity contribution >= 4 is 68.4 Å². The average Bonchev–Trinajstić information content (AvgIpc) is 4.11. The van der Waals surface area contributed by atoms with Crippen LogP contribution < -0.4 is 10.6 Å². The number of nitrogens with zero attached hydrogens (tertiary/aromatic N) is 2. The molecule has 14 heteroatoms. The van der Waals surface area contributed by atoms with Gasteiger partial charge in [-0.3, -0.25) is 29.1 Å². The molecule has 2 aromatic carbocycles. The largest absolute Gasteiger partial charge is 0.358 e. The number of hydrogen-bond donors (Lipinski definition) is 4. The number of amides is 2. The van der Waals surface area contributed by atoms with Crippen molar-refractivity contribution in [1.82, 2.24) is 30.6 Å². The van der Waals surface area contributed by atoms with E-state index in [1.54, 1.807) is 62.9 Å². The van der Waals surface area contributed by atoms with Gasteiger partial charge in [0.05, 0.1) is 22.1 Å². The fraction of sp³-hybridized carbons (Fsp3) is 0.400. The molecule has 4 heterocycles. The molecule has 2 fully saturated rings. The van der Waals surface area contributed by atoms with Crippen LogP contribution in [-0.2, 0) is 44.9 Å². The van der Waals surface area contributed by atoms with Gasteiger partial charge >= 0.3 is 0 Å². The van der Waals surface area contributed by atoms with Crippen LogP contribution >= 0.6 is 23.2 Å². The highest BCUT2D eigenvalue weighted by molar-refractivity contribution is 6.31. The third-order valence-electron chi connectivity index (χ3n) is 12.8. The summed E-state index contributed by atoms with van der Waals surface area (Å²) in [5.41, 5.74) is 5.95. The van der Waals surface area contributed by atoms with E-state index in [9.17, 15) is 28.0 Å². The molecular weight excluding hydrogens is 857 g/mol. The Kier molecular flexibility index (Phi) is 15.6. The van der Waals surface area contributed by atoms with Crippen molar-refractivity contribution in [3.05, 3.63) is 130 Å². The summed E-state index contributed by atoms with van der Waals surface area (Å²) in [6, 6.07) is 16.4. The third kappa shape index (κ3) is 12.4. The van der Waals surface area contributed by atoms with Gasteiger partial charge in [0, 0.05) is 82.7 Å². The number of ketones is 2. The lowest BCUT2D eigenvalue weighted by Gasteiger charge is -2.16. The Morgan fingerprint density at radius 1 is 0.641 bits per heavy atom. The average molecular weight is 912 g/mol. The summed E-state index contributed by atoms with van der Waals surface area (Å²) in [4.78, 5) is 65.3. The summed E-state index contributed by atoms with van der Waals surface area (Å²) in [7, 11) is 0. The molecule has 2 saturated carbocycles. The Morgan fingerprint density at radius 2 is 1.06 bits per heavy atom. The Bertz CT molecular complexity index is 2370. The molecular formula is C50H54Cl2F2N6O4. The minimum atomic E-state index is -0.511. The van der Waals surface area contributed by atoms with E-state index in [4.69, 9.17) is 23.2 Å². The molecule has 6 aromatic rings.